The predicted molar refractivity (Wildman–Crippen MR) is 69.5 cm³/mol. The minimum absolute atomic E-state index is 0. The molecule has 0 aromatic heterocycles. The van der Waals surface area contributed by atoms with Gasteiger partial charge < -0.3 is 24.8 Å². The Kier molecular flexibility index (Phi) is 14.4. The van der Waals surface area contributed by atoms with E-state index in [1.54, 1.807) is 0 Å². The van der Waals surface area contributed by atoms with E-state index >= 15 is 0 Å². The fourth-order valence-electron chi connectivity index (χ4n) is 1.95. The van der Waals surface area contributed by atoms with Crippen LogP contribution in [0.5, 0.6) is 0 Å². The van der Waals surface area contributed by atoms with Crippen molar-refractivity contribution in [3.63, 3.8) is 0 Å². The standard InChI is InChI=1S/C16H18.2ClH.Hf/c1-3-9-15(10-4-1)13-7-8-14-16-11-5-2-6-12-16;;;/h1-6,9-12H,7-8,13-14H2;2*1H;/q;;;+2/p-2. The first-order chi connectivity index (χ1) is 7.95. The number of benzene rings is 2. The quantitative estimate of drug-likeness (QED) is 0.368. The Bertz CT molecular complexity index is 362. The second-order valence-electron chi connectivity index (χ2n) is 4.18. The molecule has 0 saturated heterocycles. The van der Waals surface area contributed by atoms with Crippen molar-refractivity contribution in [1.82, 2.24) is 0 Å². The monoisotopic (exact) mass is 460 g/mol. The zero-order valence-electron chi connectivity index (χ0n) is 10.9. The van der Waals surface area contributed by atoms with Gasteiger partial charge in [-0.1, -0.05) is 60.7 Å². The third kappa shape index (κ3) is 8.62. The summed E-state index contributed by atoms with van der Waals surface area (Å²) in [6.45, 7) is 0. The van der Waals surface area contributed by atoms with Gasteiger partial charge in [-0.3, -0.25) is 0 Å². The number of hydrogen-bond acceptors (Lipinski definition) is 0. The van der Waals surface area contributed by atoms with Crippen LogP contribution in [0.2, 0.25) is 0 Å². The molecule has 2 rings (SSSR count). The van der Waals surface area contributed by atoms with E-state index in [0.29, 0.717) is 0 Å². The maximum absolute atomic E-state index is 2.21. The summed E-state index contributed by atoms with van der Waals surface area (Å²) >= 11 is 0. The number of rotatable bonds is 5. The Morgan fingerprint density at radius 2 is 0.842 bits per heavy atom. The molecule has 0 heterocycles. The van der Waals surface area contributed by atoms with Crippen molar-refractivity contribution in [3.8, 4) is 0 Å². The molecule has 0 radical (unpaired) electrons. The first-order valence-corrected chi connectivity index (χ1v) is 6.03. The average Bonchev–Trinajstić information content (AvgIpc) is 2.37. The largest absolute Gasteiger partial charge is 2.00 e. The molecule has 0 fully saturated rings. The third-order valence-corrected chi connectivity index (χ3v) is 2.87. The van der Waals surface area contributed by atoms with Gasteiger partial charge in [0.15, 0.2) is 0 Å². The van der Waals surface area contributed by atoms with Crippen LogP contribution in [-0.4, -0.2) is 0 Å². The summed E-state index contributed by atoms with van der Waals surface area (Å²) < 4.78 is 0. The molecule has 0 unspecified atom stereocenters. The van der Waals surface area contributed by atoms with Crippen molar-refractivity contribution >= 4 is 0 Å². The summed E-state index contributed by atoms with van der Waals surface area (Å²) in [4.78, 5) is 0. The predicted octanol–water partition coefficient (Wildman–Crippen LogP) is -1.74. The Morgan fingerprint density at radius 3 is 1.16 bits per heavy atom. The van der Waals surface area contributed by atoms with Gasteiger partial charge in [0.25, 0.3) is 0 Å². The molecule has 0 aliphatic carbocycles. The molecule has 0 amide bonds. The first kappa shape index (κ1) is 21.2. The first-order valence-electron chi connectivity index (χ1n) is 6.03. The van der Waals surface area contributed by atoms with Gasteiger partial charge in [0.05, 0.1) is 0 Å². The van der Waals surface area contributed by atoms with E-state index in [4.69, 9.17) is 0 Å². The van der Waals surface area contributed by atoms with Crippen molar-refractivity contribution < 1.29 is 50.7 Å². The summed E-state index contributed by atoms with van der Waals surface area (Å²) in [5.41, 5.74) is 2.91. The van der Waals surface area contributed by atoms with Crippen LogP contribution in [0.4, 0.5) is 0 Å². The van der Waals surface area contributed by atoms with Gasteiger partial charge in [0.1, 0.15) is 0 Å². The van der Waals surface area contributed by atoms with Gasteiger partial charge in [0.2, 0.25) is 0 Å². The number of unbranched alkanes of at least 4 members (excludes halogenated alkanes) is 1. The molecule has 0 atom stereocenters. The SMILES string of the molecule is [Cl-].[Cl-].[Hf+2].c1ccc(CCCCc2ccccc2)cc1. The number of aryl methyl sites for hydroxylation is 2. The zero-order chi connectivity index (χ0) is 11.1. The van der Waals surface area contributed by atoms with Gasteiger partial charge in [-0.05, 0) is 36.8 Å². The molecule has 19 heavy (non-hydrogen) atoms. The van der Waals surface area contributed by atoms with Crippen LogP contribution in [0.3, 0.4) is 0 Å². The van der Waals surface area contributed by atoms with Gasteiger partial charge >= 0.3 is 25.8 Å². The molecule has 3 heteroatoms. The van der Waals surface area contributed by atoms with E-state index in [1.165, 1.54) is 36.8 Å². The van der Waals surface area contributed by atoms with Crippen molar-refractivity contribution in [2.24, 2.45) is 0 Å². The Hall–Kier alpha value is -0.110. The Morgan fingerprint density at radius 1 is 0.526 bits per heavy atom. The summed E-state index contributed by atoms with van der Waals surface area (Å²) in [7, 11) is 0. The summed E-state index contributed by atoms with van der Waals surface area (Å²) in [6.07, 6.45) is 4.96. The van der Waals surface area contributed by atoms with E-state index in [1.807, 2.05) is 0 Å². The fourth-order valence-corrected chi connectivity index (χ4v) is 1.95. The number of halogens is 2. The number of hydrogen-bond donors (Lipinski definition) is 0. The van der Waals surface area contributed by atoms with Crippen LogP contribution < -0.4 is 24.8 Å². The van der Waals surface area contributed by atoms with E-state index < -0.39 is 0 Å². The molecule has 0 aliphatic heterocycles. The van der Waals surface area contributed by atoms with E-state index in [2.05, 4.69) is 60.7 Å². The molecular weight excluding hydrogens is 442 g/mol. The van der Waals surface area contributed by atoms with Crippen LogP contribution in [0.1, 0.15) is 24.0 Å². The maximum Gasteiger partial charge on any atom is 2.00 e. The summed E-state index contributed by atoms with van der Waals surface area (Å²) in [5.74, 6) is 0. The fraction of sp³-hybridized carbons (Fsp3) is 0.250. The topological polar surface area (TPSA) is 0 Å². The second kappa shape index (κ2) is 12.9. The van der Waals surface area contributed by atoms with Crippen LogP contribution in [0.25, 0.3) is 0 Å². The smallest absolute Gasteiger partial charge is 1.00 e. The van der Waals surface area contributed by atoms with Crippen molar-refractivity contribution in [1.29, 1.82) is 0 Å². The van der Waals surface area contributed by atoms with Crippen molar-refractivity contribution in [2.75, 3.05) is 0 Å². The van der Waals surface area contributed by atoms with Crippen LogP contribution in [0, 0.1) is 0 Å². The van der Waals surface area contributed by atoms with Gasteiger partial charge in [-0.15, -0.1) is 0 Å². The molecular formula is C16H18Cl2Hf. The summed E-state index contributed by atoms with van der Waals surface area (Å²) in [5, 5.41) is 0. The maximum atomic E-state index is 2.21. The minimum atomic E-state index is 0. The average molecular weight is 460 g/mol. The van der Waals surface area contributed by atoms with Crippen LogP contribution in [-0.2, 0) is 38.7 Å². The van der Waals surface area contributed by atoms with E-state index in [0.717, 1.165) is 0 Å². The van der Waals surface area contributed by atoms with E-state index in [-0.39, 0.29) is 50.7 Å². The molecule has 0 saturated carbocycles. The molecule has 2 aromatic carbocycles. The van der Waals surface area contributed by atoms with Crippen LogP contribution >= 0.6 is 0 Å². The second-order valence-corrected chi connectivity index (χ2v) is 4.18. The normalized spacial score (nSPS) is 8.63. The Labute approximate surface area is 147 Å². The van der Waals surface area contributed by atoms with Gasteiger partial charge in [0, 0.05) is 0 Å². The minimum Gasteiger partial charge on any atom is -1.00 e. The summed E-state index contributed by atoms with van der Waals surface area (Å²) in [6, 6.07) is 21.5. The molecule has 0 N–H and O–H groups in total. The van der Waals surface area contributed by atoms with Crippen molar-refractivity contribution in [2.45, 2.75) is 25.7 Å². The molecule has 0 aliphatic rings. The molecule has 0 nitrogen and oxygen atoms in total. The third-order valence-electron chi connectivity index (χ3n) is 2.87. The van der Waals surface area contributed by atoms with E-state index in [9.17, 15) is 0 Å². The van der Waals surface area contributed by atoms with Crippen molar-refractivity contribution in [3.05, 3.63) is 71.8 Å². The molecule has 0 spiro atoms. The molecule has 2 aromatic rings. The van der Waals surface area contributed by atoms with Gasteiger partial charge in [-0.2, -0.15) is 0 Å². The van der Waals surface area contributed by atoms with Gasteiger partial charge in [-0.25, -0.2) is 0 Å². The van der Waals surface area contributed by atoms with Crippen LogP contribution in [0.15, 0.2) is 60.7 Å². The zero-order valence-corrected chi connectivity index (χ0v) is 16.0. The molecule has 0 bridgehead atoms. The molecule has 100 valence electrons. The Balaban J connectivity index is 0.